The fraction of sp³-hybridized carbons (Fsp3) is 0.471. The van der Waals surface area contributed by atoms with E-state index < -0.39 is 0 Å². The number of methoxy groups -OCH3 is 1. The molecule has 7 nitrogen and oxygen atoms in total. The van der Waals surface area contributed by atoms with Crippen LogP contribution in [0, 0.1) is 0 Å². The molecule has 7 heteroatoms. The predicted octanol–water partition coefficient (Wildman–Crippen LogP) is 1.90. The minimum absolute atomic E-state index is 0.552. The molecule has 0 atom stereocenters. The van der Waals surface area contributed by atoms with Crippen molar-refractivity contribution in [1.82, 2.24) is 20.1 Å². The summed E-state index contributed by atoms with van der Waals surface area (Å²) in [6.45, 7) is 2.60. The van der Waals surface area contributed by atoms with E-state index in [-0.39, 0.29) is 0 Å². The number of hydrogen-bond acceptors (Lipinski definition) is 7. The van der Waals surface area contributed by atoms with E-state index >= 15 is 0 Å². The van der Waals surface area contributed by atoms with Crippen molar-refractivity contribution in [2.45, 2.75) is 12.8 Å². The van der Waals surface area contributed by atoms with Crippen LogP contribution in [-0.2, 0) is 6.42 Å². The van der Waals surface area contributed by atoms with Gasteiger partial charge in [0.2, 0.25) is 5.95 Å². The second-order valence-electron chi connectivity index (χ2n) is 5.74. The van der Waals surface area contributed by atoms with Crippen LogP contribution in [0.1, 0.15) is 12.0 Å². The first-order chi connectivity index (χ1) is 11.7. The van der Waals surface area contributed by atoms with Crippen molar-refractivity contribution in [1.29, 1.82) is 0 Å². The summed E-state index contributed by atoms with van der Waals surface area (Å²) in [6, 6.07) is 8.02. The third-order valence-electron chi connectivity index (χ3n) is 3.52. The number of rotatable bonds is 10. The van der Waals surface area contributed by atoms with Crippen molar-refractivity contribution in [3.8, 4) is 5.75 Å². The molecule has 0 unspecified atom stereocenters. The zero-order valence-electron chi connectivity index (χ0n) is 14.6. The Morgan fingerprint density at radius 2 is 1.96 bits per heavy atom. The highest BCUT2D eigenvalue weighted by Gasteiger charge is 2.03. The standard InChI is InChI=1S/C17H26N6O/c1-23(2)12-6-10-19-17-21-16(13-20-22-17)18-11-9-14-7-4-5-8-15(14)24-3/h4-5,7-8,13H,6,9-12H2,1-3H3,(H2,18,19,21,22). The van der Waals surface area contributed by atoms with Crippen molar-refractivity contribution in [3.05, 3.63) is 36.0 Å². The van der Waals surface area contributed by atoms with Gasteiger partial charge in [-0.3, -0.25) is 0 Å². The second-order valence-corrected chi connectivity index (χ2v) is 5.74. The number of para-hydroxylation sites is 1. The Kier molecular flexibility index (Phi) is 7.22. The maximum atomic E-state index is 5.36. The average molecular weight is 330 g/mol. The number of hydrogen-bond donors (Lipinski definition) is 2. The van der Waals surface area contributed by atoms with Crippen molar-refractivity contribution < 1.29 is 4.74 Å². The molecule has 0 radical (unpaired) electrons. The Bertz CT molecular complexity index is 620. The van der Waals surface area contributed by atoms with Crippen LogP contribution >= 0.6 is 0 Å². The first-order valence-electron chi connectivity index (χ1n) is 8.13. The van der Waals surface area contributed by atoms with Gasteiger partial charge in [0.25, 0.3) is 0 Å². The Morgan fingerprint density at radius 3 is 2.75 bits per heavy atom. The smallest absolute Gasteiger partial charge is 0.244 e. The maximum absolute atomic E-state index is 5.36. The first-order valence-corrected chi connectivity index (χ1v) is 8.13. The lowest BCUT2D eigenvalue weighted by molar-refractivity contribution is 0.405. The molecule has 0 saturated heterocycles. The SMILES string of the molecule is COc1ccccc1CCNc1cnnc(NCCCN(C)C)n1. The van der Waals surface area contributed by atoms with E-state index in [9.17, 15) is 0 Å². The van der Waals surface area contributed by atoms with Crippen LogP contribution in [0.3, 0.4) is 0 Å². The molecule has 1 aromatic carbocycles. The number of nitrogens with zero attached hydrogens (tertiary/aromatic N) is 4. The molecule has 0 saturated carbocycles. The van der Waals surface area contributed by atoms with Crippen LogP contribution in [0.25, 0.3) is 0 Å². The lowest BCUT2D eigenvalue weighted by Gasteiger charge is -2.11. The van der Waals surface area contributed by atoms with Crippen molar-refractivity contribution in [3.63, 3.8) is 0 Å². The molecule has 0 spiro atoms. The van der Waals surface area contributed by atoms with Crippen LogP contribution in [0.5, 0.6) is 5.75 Å². The first kappa shape index (κ1) is 17.9. The van der Waals surface area contributed by atoms with E-state index in [0.29, 0.717) is 5.95 Å². The molecule has 2 rings (SSSR count). The van der Waals surface area contributed by atoms with Gasteiger partial charge < -0.3 is 20.3 Å². The molecule has 0 fully saturated rings. The Morgan fingerprint density at radius 1 is 1.12 bits per heavy atom. The largest absolute Gasteiger partial charge is 0.496 e. The summed E-state index contributed by atoms with van der Waals surface area (Å²) in [4.78, 5) is 6.57. The molecule has 1 heterocycles. The Labute approximate surface area is 143 Å². The number of nitrogens with one attached hydrogen (secondary N) is 2. The summed E-state index contributed by atoms with van der Waals surface area (Å²) >= 11 is 0. The van der Waals surface area contributed by atoms with Crippen LogP contribution in [0.4, 0.5) is 11.8 Å². The fourth-order valence-electron chi connectivity index (χ4n) is 2.29. The molecule has 0 aliphatic rings. The normalized spacial score (nSPS) is 10.7. The highest BCUT2D eigenvalue weighted by atomic mass is 16.5. The highest BCUT2D eigenvalue weighted by Crippen LogP contribution is 2.17. The van der Waals surface area contributed by atoms with Crippen LogP contribution in [0.2, 0.25) is 0 Å². The second kappa shape index (κ2) is 9.67. The zero-order chi connectivity index (χ0) is 17.2. The summed E-state index contributed by atoms with van der Waals surface area (Å²) in [5.74, 6) is 2.18. The van der Waals surface area contributed by atoms with Crippen molar-refractivity contribution in [2.75, 3.05) is 51.5 Å². The summed E-state index contributed by atoms with van der Waals surface area (Å²) in [7, 11) is 5.81. The van der Waals surface area contributed by atoms with E-state index in [1.54, 1.807) is 13.3 Å². The summed E-state index contributed by atoms with van der Waals surface area (Å²) in [5, 5.41) is 14.5. The molecule has 24 heavy (non-hydrogen) atoms. The number of aromatic nitrogens is 3. The minimum atomic E-state index is 0.552. The molecule has 0 amide bonds. The molecule has 2 aromatic rings. The van der Waals surface area contributed by atoms with E-state index in [1.807, 2.05) is 18.2 Å². The number of anilines is 2. The van der Waals surface area contributed by atoms with Crippen molar-refractivity contribution >= 4 is 11.8 Å². The summed E-state index contributed by atoms with van der Waals surface area (Å²) in [5.41, 5.74) is 1.16. The van der Waals surface area contributed by atoms with Crippen LogP contribution in [0.15, 0.2) is 30.5 Å². The zero-order valence-corrected chi connectivity index (χ0v) is 14.6. The third-order valence-corrected chi connectivity index (χ3v) is 3.52. The molecule has 0 aliphatic carbocycles. The molecule has 0 bridgehead atoms. The summed E-state index contributed by atoms with van der Waals surface area (Å²) < 4.78 is 5.36. The lowest BCUT2D eigenvalue weighted by Crippen LogP contribution is -2.17. The number of benzene rings is 1. The summed E-state index contributed by atoms with van der Waals surface area (Å²) in [6.07, 6.45) is 3.51. The van der Waals surface area contributed by atoms with Gasteiger partial charge in [-0.25, -0.2) is 0 Å². The van der Waals surface area contributed by atoms with Gasteiger partial charge in [0, 0.05) is 13.1 Å². The van der Waals surface area contributed by atoms with E-state index in [2.05, 4.69) is 50.9 Å². The quantitative estimate of drug-likeness (QED) is 0.644. The molecular formula is C17H26N6O. The van der Waals surface area contributed by atoms with Gasteiger partial charge in [0.1, 0.15) is 5.75 Å². The molecule has 130 valence electrons. The van der Waals surface area contributed by atoms with Gasteiger partial charge in [-0.2, -0.15) is 10.1 Å². The Hall–Kier alpha value is -2.41. The monoisotopic (exact) mass is 330 g/mol. The molecule has 0 aliphatic heterocycles. The maximum Gasteiger partial charge on any atom is 0.244 e. The van der Waals surface area contributed by atoms with E-state index in [0.717, 1.165) is 49.6 Å². The fourth-order valence-corrected chi connectivity index (χ4v) is 2.29. The Balaban J connectivity index is 1.79. The van der Waals surface area contributed by atoms with Gasteiger partial charge in [-0.15, -0.1) is 5.10 Å². The number of ether oxygens (including phenoxy) is 1. The topological polar surface area (TPSA) is 75.2 Å². The predicted molar refractivity (Wildman–Crippen MR) is 96.7 cm³/mol. The third kappa shape index (κ3) is 6.00. The molecule has 1 aromatic heterocycles. The average Bonchev–Trinajstić information content (AvgIpc) is 2.59. The van der Waals surface area contributed by atoms with Gasteiger partial charge in [0.15, 0.2) is 5.82 Å². The molecule has 2 N–H and O–H groups in total. The van der Waals surface area contributed by atoms with Crippen LogP contribution in [-0.4, -0.2) is 60.9 Å². The lowest BCUT2D eigenvalue weighted by atomic mass is 10.1. The van der Waals surface area contributed by atoms with E-state index in [4.69, 9.17) is 4.74 Å². The van der Waals surface area contributed by atoms with Crippen LogP contribution < -0.4 is 15.4 Å². The minimum Gasteiger partial charge on any atom is -0.496 e. The van der Waals surface area contributed by atoms with E-state index in [1.165, 1.54) is 0 Å². The molecular weight excluding hydrogens is 304 g/mol. The van der Waals surface area contributed by atoms with Gasteiger partial charge in [-0.05, 0) is 45.1 Å². The highest BCUT2D eigenvalue weighted by molar-refractivity contribution is 5.38. The van der Waals surface area contributed by atoms with Gasteiger partial charge in [-0.1, -0.05) is 18.2 Å². The van der Waals surface area contributed by atoms with Crippen molar-refractivity contribution in [2.24, 2.45) is 0 Å². The van der Waals surface area contributed by atoms with Gasteiger partial charge in [0.05, 0.1) is 13.3 Å². The van der Waals surface area contributed by atoms with Gasteiger partial charge >= 0.3 is 0 Å².